The monoisotopic (exact) mass is 216 g/mol. The predicted octanol–water partition coefficient (Wildman–Crippen LogP) is 4.13. The molecule has 0 aromatic heterocycles. The molecule has 1 rings (SSSR count). The first kappa shape index (κ1) is 12.7. The molecule has 0 radical (unpaired) electrons. The third-order valence-electron chi connectivity index (χ3n) is 2.71. The predicted molar refractivity (Wildman–Crippen MR) is 69.3 cm³/mol. The van der Waals surface area contributed by atoms with E-state index < -0.39 is 0 Å². The second kappa shape index (κ2) is 6.26. The lowest BCUT2D eigenvalue weighted by atomic mass is 9.92. The second-order valence-electron chi connectivity index (χ2n) is 4.31. The van der Waals surface area contributed by atoms with Gasteiger partial charge in [-0.05, 0) is 32.3 Å². The number of Topliss-reactive ketones (excluding diaryl/α,β-unsaturated/α-hetero) is 1. The van der Waals surface area contributed by atoms with Crippen LogP contribution in [0.25, 0.3) is 0 Å². The van der Waals surface area contributed by atoms with Crippen LogP contribution in [-0.4, -0.2) is 5.78 Å². The molecule has 0 unspecified atom stereocenters. The number of rotatable bonds is 3. The lowest BCUT2D eigenvalue weighted by Gasteiger charge is -2.12. The first-order chi connectivity index (χ1) is 7.61. The van der Waals surface area contributed by atoms with Gasteiger partial charge < -0.3 is 0 Å². The molecule has 1 aliphatic rings. The average molecular weight is 216 g/mol. The van der Waals surface area contributed by atoms with E-state index in [9.17, 15) is 4.79 Å². The quantitative estimate of drug-likeness (QED) is 0.648. The van der Waals surface area contributed by atoms with Crippen molar-refractivity contribution >= 4 is 5.78 Å². The summed E-state index contributed by atoms with van der Waals surface area (Å²) < 4.78 is 0. The van der Waals surface area contributed by atoms with Crippen molar-refractivity contribution in [1.29, 1.82) is 0 Å². The van der Waals surface area contributed by atoms with E-state index in [1.54, 1.807) is 0 Å². The van der Waals surface area contributed by atoms with Gasteiger partial charge in [0.05, 0.1) is 0 Å². The molecular formula is C15H20O. The molecule has 0 aromatic rings. The van der Waals surface area contributed by atoms with E-state index in [0.717, 1.165) is 18.4 Å². The van der Waals surface area contributed by atoms with Crippen molar-refractivity contribution in [2.45, 2.75) is 39.5 Å². The molecule has 1 aliphatic carbocycles. The Bertz CT molecular complexity index is 355. The molecule has 0 heterocycles. The van der Waals surface area contributed by atoms with Crippen LogP contribution in [0.4, 0.5) is 0 Å². The van der Waals surface area contributed by atoms with Gasteiger partial charge in [0, 0.05) is 12.8 Å². The van der Waals surface area contributed by atoms with Crippen molar-refractivity contribution in [3.63, 3.8) is 0 Å². The Labute approximate surface area is 98.2 Å². The van der Waals surface area contributed by atoms with Gasteiger partial charge in [-0.2, -0.15) is 0 Å². The van der Waals surface area contributed by atoms with Gasteiger partial charge in [0.2, 0.25) is 0 Å². The Morgan fingerprint density at radius 2 is 1.81 bits per heavy atom. The summed E-state index contributed by atoms with van der Waals surface area (Å²) in [5.41, 5.74) is 3.64. The van der Waals surface area contributed by atoms with Gasteiger partial charge in [0.1, 0.15) is 5.78 Å². The molecule has 0 aliphatic heterocycles. The van der Waals surface area contributed by atoms with Crippen LogP contribution in [0.2, 0.25) is 0 Å². The van der Waals surface area contributed by atoms with Crippen molar-refractivity contribution < 1.29 is 4.79 Å². The Morgan fingerprint density at radius 3 is 2.31 bits per heavy atom. The van der Waals surface area contributed by atoms with Crippen LogP contribution in [0, 0.1) is 0 Å². The largest absolute Gasteiger partial charge is 0.300 e. The molecule has 1 fully saturated rings. The van der Waals surface area contributed by atoms with Crippen molar-refractivity contribution in [2.75, 3.05) is 0 Å². The SMILES string of the molecule is C=C(C)/C=C\C(C=C1CCC(=O)CC1)=C/C. The Morgan fingerprint density at radius 1 is 1.19 bits per heavy atom. The number of hydrogen-bond donors (Lipinski definition) is 0. The highest BCUT2D eigenvalue weighted by Crippen LogP contribution is 2.22. The molecule has 0 N–H and O–H groups in total. The van der Waals surface area contributed by atoms with E-state index in [-0.39, 0.29) is 0 Å². The number of ketones is 1. The normalized spacial score (nSPS) is 18.0. The van der Waals surface area contributed by atoms with Crippen LogP contribution in [0.1, 0.15) is 39.5 Å². The van der Waals surface area contributed by atoms with Crippen LogP contribution in [0.3, 0.4) is 0 Å². The Balaban J connectivity index is 2.66. The number of hydrogen-bond acceptors (Lipinski definition) is 1. The molecule has 1 saturated carbocycles. The van der Waals surface area contributed by atoms with Gasteiger partial charge >= 0.3 is 0 Å². The van der Waals surface area contributed by atoms with E-state index in [0.29, 0.717) is 18.6 Å². The molecule has 1 heteroatoms. The van der Waals surface area contributed by atoms with E-state index in [1.165, 1.54) is 11.1 Å². The highest BCUT2D eigenvalue weighted by Gasteiger charge is 2.11. The highest BCUT2D eigenvalue weighted by molar-refractivity contribution is 5.80. The molecule has 0 spiro atoms. The Hall–Kier alpha value is -1.37. The maximum absolute atomic E-state index is 11.1. The van der Waals surface area contributed by atoms with Crippen LogP contribution >= 0.6 is 0 Å². The summed E-state index contributed by atoms with van der Waals surface area (Å²) in [5.74, 6) is 0.400. The topological polar surface area (TPSA) is 17.1 Å². The number of allylic oxidation sites excluding steroid dienone is 7. The number of carbonyl (C=O) groups is 1. The van der Waals surface area contributed by atoms with Crippen LogP contribution in [0.5, 0.6) is 0 Å². The fourth-order valence-electron chi connectivity index (χ4n) is 1.70. The van der Waals surface area contributed by atoms with E-state index in [2.05, 4.69) is 24.8 Å². The second-order valence-corrected chi connectivity index (χ2v) is 4.31. The van der Waals surface area contributed by atoms with Crippen molar-refractivity contribution in [2.24, 2.45) is 0 Å². The average Bonchev–Trinajstić information content (AvgIpc) is 2.26. The lowest BCUT2D eigenvalue weighted by molar-refractivity contribution is -0.119. The summed E-state index contributed by atoms with van der Waals surface area (Å²) in [4.78, 5) is 11.1. The number of carbonyl (C=O) groups excluding carboxylic acids is 1. The minimum atomic E-state index is 0.400. The third-order valence-corrected chi connectivity index (χ3v) is 2.71. The molecule has 86 valence electrons. The highest BCUT2D eigenvalue weighted by atomic mass is 16.1. The van der Waals surface area contributed by atoms with Gasteiger partial charge in [-0.3, -0.25) is 4.79 Å². The molecule has 1 nitrogen and oxygen atoms in total. The minimum absolute atomic E-state index is 0.400. The summed E-state index contributed by atoms with van der Waals surface area (Å²) in [6.07, 6.45) is 11.7. The zero-order valence-electron chi connectivity index (χ0n) is 10.3. The minimum Gasteiger partial charge on any atom is -0.300 e. The summed E-state index contributed by atoms with van der Waals surface area (Å²) >= 11 is 0. The molecule has 0 bridgehead atoms. The first-order valence-corrected chi connectivity index (χ1v) is 5.83. The third kappa shape index (κ3) is 4.43. The zero-order valence-corrected chi connectivity index (χ0v) is 10.3. The smallest absolute Gasteiger partial charge is 0.133 e. The van der Waals surface area contributed by atoms with Crippen molar-refractivity contribution in [3.05, 3.63) is 47.6 Å². The summed E-state index contributed by atoms with van der Waals surface area (Å²) in [5, 5.41) is 0. The lowest BCUT2D eigenvalue weighted by Crippen LogP contribution is -2.06. The van der Waals surface area contributed by atoms with E-state index >= 15 is 0 Å². The fourth-order valence-corrected chi connectivity index (χ4v) is 1.70. The van der Waals surface area contributed by atoms with Gasteiger partial charge in [-0.25, -0.2) is 0 Å². The van der Waals surface area contributed by atoms with E-state index in [4.69, 9.17) is 0 Å². The summed E-state index contributed by atoms with van der Waals surface area (Å²) in [7, 11) is 0. The molecule has 0 amide bonds. The van der Waals surface area contributed by atoms with Gasteiger partial charge in [0.25, 0.3) is 0 Å². The standard InChI is InChI=1S/C15H20O/c1-4-13(6-5-12(2)3)11-14-7-9-15(16)10-8-14/h4-6,11H,2,7-10H2,1,3H3/b6-5-,13-4+. The molecule has 0 saturated heterocycles. The summed E-state index contributed by atoms with van der Waals surface area (Å²) in [6.45, 7) is 7.85. The summed E-state index contributed by atoms with van der Waals surface area (Å²) in [6, 6.07) is 0. The first-order valence-electron chi connectivity index (χ1n) is 5.83. The zero-order chi connectivity index (χ0) is 12.0. The van der Waals surface area contributed by atoms with Crippen molar-refractivity contribution in [3.8, 4) is 0 Å². The van der Waals surface area contributed by atoms with Gasteiger partial charge in [-0.15, -0.1) is 0 Å². The fraction of sp³-hybridized carbons (Fsp3) is 0.400. The Kier molecular flexibility index (Phi) is 4.97. The van der Waals surface area contributed by atoms with E-state index in [1.807, 2.05) is 19.9 Å². The van der Waals surface area contributed by atoms with Gasteiger partial charge in [-0.1, -0.05) is 42.0 Å². The molecule has 0 atom stereocenters. The maximum Gasteiger partial charge on any atom is 0.133 e. The maximum atomic E-state index is 11.1. The van der Waals surface area contributed by atoms with Crippen LogP contribution < -0.4 is 0 Å². The molecule has 16 heavy (non-hydrogen) atoms. The van der Waals surface area contributed by atoms with Crippen molar-refractivity contribution in [1.82, 2.24) is 0 Å². The molecular weight excluding hydrogens is 196 g/mol. The molecule has 0 aromatic carbocycles. The van der Waals surface area contributed by atoms with Crippen LogP contribution in [-0.2, 0) is 4.79 Å². The van der Waals surface area contributed by atoms with Crippen LogP contribution in [0.15, 0.2) is 47.6 Å². The van der Waals surface area contributed by atoms with Gasteiger partial charge in [0.15, 0.2) is 0 Å².